The summed E-state index contributed by atoms with van der Waals surface area (Å²) in [7, 11) is -2.12. The van der Waals surface area contributed by atoms with Gasteiger partial charge in [-0.15, -0.1) is 0 Å². The first kappa shape index (κ1) is 25.9. The van der Waals surface area contributed by atoms with Crippen LogP contribution in [0.25, 0.3) is 10.2 Å². The maximum absolute atomic E-state index is 13.3. The molecule has 1 aromatic heterocycles. The van der Waals surface area contributed by atoms with E-state index in [2.05, 4.69) is 10.3 Å². The quantitative estimate of drug-likeness (QED) is 0.408. The van der Waals surface area contributed by atoms with Gasteiger partial charge in [-0.1, -0.05) is 51.2 Å². The van der Waals surface area contributed by atoms with Crippen molar-refractivity contribution in [2.45, 2.75) is 32.6 Å². The van der Waals surface area contributed by atoms with Crippen molar-refractivity contribution in [3.63, 3.8) is 0 Å². The topological polar surface area (TPSA) is 97.8 Å². The number of aromatic nitrogens is 1. The van der Waals surface area contributed by atoms with Gasteiger partial charge >= 0.3 is 0 Å². The van der Waals surface area contributed by atoms with Crippen LogP contribution in [0.15, 0.2) is 47.4 Å². The number of carbonyl (C=O) groups excluding carboxylic acids is 1. The van der Waals surface area contributed by atoms with Crippen LogP contribution in [0.3, 0.4) is 0 Å². The number of hydrogen-bond donors (Lipinski definition) is 1. The molecule has 0 atom stereocenters. The minimum Gasteiger partial charge on any atom is -0.493 e. The third kappa shape index (κ3) is 6.46. The fraction of sp³-hybridized carbons (Fsp3) is 0.417. The lowest BCUT2D eigenvalue weighted by Gasteiger charge is -2.25. The molecule has 0 saturated heterocycles. The van der Waals surface area contributed by atoms with E-state index in [-0.39, 0.29) is 29.2 Å². The maximum atomic E-state index is 13.3. The van der Waals surface area contributed by atoms with Crippen LogP contribution in [-0.2, 0) is 14.8 Å². The second-order valence-electron chi connectivity index (χ2n) is 8.75. The van der Waals surface area contributed by atoms with Gasteiger partial charge in [-0.3, -0.25) is 10.1 Å². The van der Waals surface area contributed by atoms with Crippen molar-refractivity contribution < 1.29 is 22.7 Å². The van der Waals surface area contributed by atoms with Gasteiger partial charge in [0.1, 0.15) is 0 Å². The Hall–Kier alpha value is -2.69. The van der Waals surface area contributed by atoms with E-state index in [4.69, 9.17) is 9.47 Å². The Labute approximate surface area is 205 Å². The van der Waals surface area contributed by atoms with Gasteiger partial charge in [0.25, 0.3) is 5.91 Å². The first-order valence-electron chi connectivity index (χ1n) is 11.1. The fourth-order valence-electron chi connectivity index (χ4n) is 3.39. The Kier molecular flexibility index (Phi) is 8.51. The summed E-state index contributed by atoms with van der Waals surface area (Å²) in [6, 6.07) is 11.9. The summed E-state index contributed by atoms with van der Waals surface area (Å²) in [6.45, 7) is 8.70. The highest BCUT2D eigenvalue weighted by Gasteiger charge is 2.26. The van der Waals surface area contributed by atoms with Crippen molar-refractivity contribution in [3.05, 3.63) is 42.5 Å². The Morgan fingerprint density at radius 2 is 1.71 bits per heavy atom. The summed E-state index contributed by atoms with van der Waals surface area (Å²) in [4.78, 5) is 17.0. The molecule has 8 nitrogen and oxygen atoms in total. The predicted octanol–water partition coefficient (Wildman–Crippen LogP) is 4.63. The van der Waals surface area contributed by atoms with Crippen LogP contribution >= 0.6 is 11.3 Å². The number of para-hydroxylation sites is 2. The van der Waals surface area contributed by atoms with E-state index in [9.17, 15) is 13.2 Å². The molecule has 1 heterocycles. The van der Waals surface area contributed by atoms with Crippen molar-refractivity contribution in [2.75, 3.05) is 32.1 Å². The lowest BCUT2D eigenvalue weighted by atomic mass is 10.2. The maximum Gasteiger partial charge on any atom is 0.264 e. The fourth-order valence-corrected chi connectivity index (χ4v) is 6.18. The average Bonchev–Trinajstić information content (AvgIpc) is 3.18. The molecule has 0 saturated carbocycles. The van der Waals surface area contributed by atoms with Crippen molar-refractivity contribution in [1.29, 1.82) is 0 Å². The lowest BCUT2D eigenvalue weighted by molar-refractivity contribution is -0.118. The third-order valence-corrected chi connectivity index (χ3v) is 7.57. The van der Waals surface area contributed by atoms with Crippen LogP contribution in [0.5, 0.6) is 11.5 Å². The van der Waals surface area contributed by atoms with Crippen LogP contribution in [0.4, 0.5) is 5.13 Å². The van der Waals surface area contributed by atoms with Crippen molar-refractivity contribution in [1.82, 2.24) is 9.29 Å². The molecule has 0 unspecified atom stereocenters. The van der Waals surface area contributed by atoms with Gasteiger partial charge in [-0.2, -0.15) is 4.31 Å². The zero-order valence-corrected chi connectivity index (χ0v) is 21.7. The highest BCUT2D eigenvalue weighted by atomic mass is 32.2. The average molecular weight is 506 g/mol. The number of methoxy groups -OCH3 is 1. The zero-order valence-electron chi connectivity index (χ0n) is 20.1. The molecular formula is C24H31N3O5S2. The number of amides is 1. The minimum absolute atomic E-state index is 0.209. The standard InChI is InChI=1S/C24H31N3O5S2/c1-16(2)13-27(14-17(3)4)34(29,30)18-10-11-19-22(12-18)33-24(25-19)26-23(28)15-32-21-9-7-6-8-20(21)31-5/h6-12,16-17H,13-15H2,1-5H3,(H,25,26,28). The normalized spacial score (nSPS) is 12.0. The zero-order chi connectivity index (χ0) is 24.9. The van der Waals surface area contributed by atoms with Gasteiger partial charge in [0.15, 0.2) is 23.2 Å². The van der Waals surface area contributed by atoms with Gasteiger partial charge in [-0.05, 0) is 42.2 Å². The summed E-state index contributed by atoms with van der Waals surface area (Å²) < 4.78 is 39.6. The molecule has 3 aromatic rings. The number of carbonyl (C=O) groups is 1. The van der Waals surface area contributed by atoms with E-state index >= 15 is 0 Å². The van der Waals surface area contributed by atoms with Gasteiger partial charge in [-0.25, -0.2) is 13.4 Å². The Morgan fingerprint density at radius 3 is 2.32 bits per heavy atom. The number of anilines is 1. The molecule has 0 bridgehead atoms. The molecule has 2 aromatic carbocycles. The number of thiazole rings is 1. The number of sulfonamides is 1. The van der Waals surface area contributed by atoms with E-state index in [1.165, 1.54) is 18.4 Å². The number of fused-ring (bicyclic) bond motifs is 1. The van der Waals surface area contributed by atoms with Gasteiger partial charge in [0.2, 0.25) is 10.0 Å². The van der Waals surface area contributed by atoms with E-state index in [0.29, 0.717) is 39.9 Å². The first-order chi connectivity index (χ1) is 16.1. The smallest absolute Gasteiger partial charge is 0.264 e. The molecule has 1 amide bonds. The van der Waals surface area contributed by atoms with Gasteiger partial charge in [0.05, 0.1) is 22.2 Å². The van der Waals surface area contributed by atoms with Crippen molar-refractivity contribution >= 4 is 42.6 Å². The molecule has 0 aliphatic carbocycles. The number of nitrogens with one attached hydrogen (secondary N) is 1. The highest BCUT2D eigenvalue weighted by Crippen LogP contribution is 2.30. The summed E-state index contributed by atoms with van der Waals surface area (Å²) in [5.74, 6) is 1.04. The summed E-state index contributed by atoms with van der Waals surface area (Å²) in [6.07, 6.45) is 0. The number of rotatable bonds is 11. The molecule has 3 rings (SSSR count). The number of nitrogens with zero attached hydrogens (tertiary/aromatic N) is 2. The van der Waals surface area contributed by atoms with Crippen LogP contribution in [0, 0.1) is 11.8 Å². The first-order valence-corrected chi connectivity index (χ1v) is 13.3. The van der Waals surface area contributed by atoms with E-state index in [1.54, 1.807) is 40.7 Å². The predicted molar refractivity (Wildman–Crippen MR) is 135 cm³/mol. The summed E-state index contributed by atoms with van der Waals surface area (Å²) in [5.41, 5.74) is 0.615. The molecule has 1 N–H and O–H groups in total. The molecular weight excluding hydrogens is 474 g/mol. The highest BCUT2D eigenvalue weighted by molar-refractivity contribution is 7.89. The van der Waals surface area contributed by atoms with E-state index in [0.717, 1.165) is 0 Å². The minimum atomic E-state index is -3.65. The van der Waals surface area contributed by atoms with Crippen LogP contribution in [0.1, 0.15) is 27.7 Å². The van der Waals surface area contributed by atoms with Gasteiger partial charge < -0.3 is 9.47 Å². The van der Waals surface area contributed by atoms with Crippen molar-refractivity contribution in [2.24, 2.45) is 11.8 Å². The van der Waals surface area contributed by atoms with E-state index < -0.39 is 10.0 Å². The summed E-state index contributed by atoms with van der Waals surface area (Å²) >= 11 is 1.22. The van der Waals surface area contributed by atoms with Crippen LogP contribution in [-0.4, -0.2) is 50.4 Å². The molecule has 34 heavy (non-hydrogen) atoms. The SMILES string of the molecule is COc1ccccc1OCC(=O)Nc1nc2ccc(S(=O)(=O)N(CC(C)C)CC(C)C)cc2s1. The van der Waals surface area contributed by atoms with Crippen molar-refractivity contribution in [3.8, 4) is 11.5 Å². The lowest BCUT2D eigenvalue weighted by Crippen LogP contribution is -2.37. The second-order valence-corrected chi connectivity index (χ2v) is 11.7. The largest absolute Gasteiger partial charge is 0.493 e. The third-order valence-electron chi connectivity index (χ3n) is 4.81. The molecule has 0 radical (unpaired) electrons. The number of hydrogen-bond acceptors (Lipinski definition) is 7. The molecule has 0 aliphatic heterocycles. The Balaban J connectivity index is 1.74. The summed E-state index contributed by atoms with van der Waals surface area (Å²) in [5, 5.41) is 3.09. The monoisotopic (exact) mass is 505 g/mol. The Bertz CT molecular complexity index is 1230. The molecule has 0 spiro atoms. The second kappa shape index (κ2) is 11.2. The molecule has 0 aliphatic rings. The van der Waals surface area contributed by atoms with Gasteiger partial charge in [0, 0.05) is 13.1 Å². The van der Waals surface area contributed by atoms with E-state index in [1.807, 2.05) is 33.8 Å². The number of ether oxygens (including phenoxy) is 2. The molecule has 0 fully saturated rings. The number of benzene rings is 2. The van der Waals surface area contributed by atoms with Crippen LogP contribution < -0.4 is 14.8 Å². The molecule has 184 valence electrons. The van der Waals surface area contributed by atoms with Crippen LogP contribution in [0.2, 0.25) is 0 Å². The molecule has 10 heteroatoms. The Morgan fingerprint density at radius 1 is 1.06 bits per heavy atom.